The van der Waals surface area contributed by atoms with Gasteiger partial charge in [0.25, 0.3) is 6.47 Å². The van der Waals surface area contributed by atoms with Gasteiger partial charge in [-0.1, -0.05) is 112 Å². The molecule has 8 bridgehead atoms. The summed E-state index contributed by atoms with van der Waals surface area (Å²) in [6.45, 7) is 38.3. The van der Waals surface area contributed by atoms with E-state index in [9.17, 15) is 14.4 Å². The minimum atomic E-state index is 0. The largest absolute Gasteiger partial charge is 2.00 e. The summed E-state index contributed by atoms with van der Waals surface area (Å²) in [6, 6.07) is 4.25. The van der Waals surface area contributed by atoms with Crippen molar-refractivity contribution in [3.8, 4) is 0 Å². The number of carbonyl (C=O) groups excluding carboxylic acids is 4. The molecule has 13 nitrogen and oxygen atoms in total. The molecule has 5 rings (SSSR count). The molecule has 4 atom stereocenters. The molecule has 3 aromatic heterocycles. The Morgan fingerprint density at radius 2 is 1.22 bits per heavy atom. The molecule has 0 spiro atoms. The Hall–Kier alpha value is -4.22. The van der Waals surface area contributed by atoms with Gasteiger partial charge in [-0.15, -0.1) is 22.1 Å². The molecule has 0 aromatic carbocycles. The second-order valence-corrected chi connectivity index (χ2v) is 16.2. The summed E-state index contributed by atoms with van der Waals surface area (Å²) in [6.07, 6.45) is 3.54. The molecule has 2 N–H and O–H groups in total. The van der Waals surface area contributed by atoms with E-state index in [1.807, 2.05) is 95.4 Å². The van der Waals surface area contributed by atoms with Crippen LogP contribution in [-0.2, 0) is 46.0 Å². The van der Waals surface area contributed by atoms with Crippen molar-refractivity contribution in [3.05, 3.63) is 68.3 Å². The molecule has 388 valence electrons. The van der Waals surface area contributed by atoms with E-state index in [1.54, 1.807) is 6.92 Å². The summed E-state index contributed by atoms with van der Waals surface area (Å²) in [5, 5.41) is 5.64. The minimum Gasteiger partial charge on any atom is -0.657 e. The van der Waals surface area contributed by atoms with Crippen molar-refractivity contribution in [3.63, 3.8) is 0 Å². The fourth-order valence-electron chi connectivity index (χ4n) is 8.02. The number of amides is 2. The summed E-state index contributed by atoms with van der Waals surface area (Å²) in [4.78, 5) is 69.7. The monoisotopic (exact) mass is 1040 g/mol. The molecule has 2 unspecified atom stereocenters. The van der Waals surface area contributed by atoms with Crippen LogP contribution in [0.2, 0.25) is 0 Å². The van der Waals surface area contributed by atoms with E-state index >= 15 is 0 Å². The molecule has 2 amide bonds. The predicted molar refractivity (Wildman–Crippen MR) is 282 cm³/mol. The van der Waals surface area contributed by atoms with E-state index in [2.05, 4.69) is 80.9 Å². The van der Waals surface area contributed by atoms with Gasteiger partial charge in [0, 0.05) is 84.6 Å². The van der Waals surface area contributed by atoms with Crippen LogP contribution in [-0.4, -0.2) is 106 Å². The van der Waals surface area contributed by atoms with E-state index in [0.717, 1.165) is 99.6 Å². The van der Waals surface area contributed by atoms with Gasteiger partial charge in [-0.25, -0.2) is 0 Å². The second kappa shape index (κ2) is 36.7. The number of Topliss-reactive ketones (excluding diaryl/α,β-unsaturated/α-hetero) is 1. The Kier molecular flexibility index (Phi) is 36.7. The van der Waals surface area contributed by atoms with Gasteiger partial charge in [-0.3, -0.25) is 29.1 Å². The molecule has 3 aromatic rings. The molecule has 0 aliphatic carbocycles. The van der Waals surface area contributed by atoms with Crippen LogP contribution in [0.25, 0.3) is 22.1 Å². The first-order valence-corrected chi connectivity index (χ1v) is 24.8. The summed E-state index contributed by atoms with van der Waals surface area (Å²) in [5.41, 5.74) is 13.4. The average Bonchev–Trinajstić information content (AvgIpc) is 4.02. The number of aromatic nitrogens is 4. The normalized spacial score (nSPS) is 15.2. The van der Waals surface area contributed by atoms with Gasteiger partial charge in [0.2, 0.25) is 12.3 Å². The molecular formula is C54H92N8O5Pd. The van der Waals surface area contributed by atoms with E-state index in [4.69, 9.17) is 24.7 Å². The molecule has 2 aliphatic rings. The van der Waals surface area contributed by atoms with Gasteiger partial charge >= 0.3 is 20.4 Å². The van der Waals surface area contributed by atoms with Crippen molar-refractivity contribution in [1.29, 1.82) is 0 Å². The zero-order chi connectivity index (χ0) is 52.1. The second-order valence-electron chi connectivity index (χ2n) is 16.2. The first kappa shape index (κ1) is 68.0. The Morgan fingerprint density at radius 3 is 1.71 bits per heavy atom. The van der Waals surface area contributed by atoms with Gasteiger partial charge in [-0.2, -0.15) is 0 Å². The number of ether oxygens (including phenoxy) is 1. The van der Waals surface area contributed by atoms with Gasteiger partial charge < -0.3 is 35.1 Å². The molecule has 5 heterocycles. The Morgan fingerprint density at radius 1 is 0.721 bits per heavy atom. The topological polar surface area (TPSA) is 162 Å². The fourth-order valence-corrected chi connectivity index (χ4v) is 8.02. The third-order valence-corrected chi connectivity index (χ3v) is 11.6. The van der Waals surface area contributed by atoms with Crippen molar-refractivity contribution in [1.82, 2.24) is 40.4 Å². The summed E-state index contributed by atoms with van der Waals surface area (Å²) >= 11 is 0. The zero-order valence-corrected chi connectivity index (χ0v) is 47.9. The number of ketones is 1. The Labute approximate surface area is 426 Å². The van der Waals surface area contributed by atoms with E-state index in [1.165, 1.54) is 12.7 Å². The quantitative estimate of drug-likeness (QED) is 0.0684. The van der Waals surface area contributed by atoms with Crippen molar-refractivity contribution in [2.24, 2.45) is 0 Å². The van der Waals surface area contributed by atoms with Gasteiger partial charge in [-0.05, 0) is 93.2 Å². The SMILES string of the molecule is CC.CC.CC.CC.CCc1c2nc(cc3[n-]c(c(C)c4nc(cc5[n-]c1c(C)c5C)C(CC)[C@H]4C)c(C(C)=O)c3C)[C@@H](C)C2CCC(=O)NCCN(C)C.CN(C)CCNC=O.COC=O.[Pd+2]. The number of hydrogen-bond donors (Lipinski definition) is 2. The predicted octanol–water partition coefficient (Wildman–Crippen LogP) is 10.4. The van der Waals surface area contributed by atoms with E-state index < -0.39 is 0 Å². The van der Waals surface area contributed by atoms with Crippen molar-refractivity contribution >= 4 is 46.6 Å². The van der Waals surface area contributed by atoms with Crippen molar-refractivity contribution < 1.29 is 44.3 Å². The van der Waals surface area contributed by atoms with E-state index in [-0.39, 0.29) is 55.8 Å². The number of fused-ring (bicyclic) bond motifs is 8. The van der Waals surface area contributed by atoms with Crippen LogP contribution in [0, 0.1) is 27.7 Å². The van der Waals surface area contributed by atoms with Crippen LogP contribution in [0.3, 0.4) is 0 Å². The summed E-state index contributed by atoms with van der Waals surface area (Å²) < 4.78 is 3.86. The molecule has 0 saturated carbocycles. The third-order valence-electron chi connectivity index (χ3n) is 11.6. The number of methoxy groups -OCH3 is 1. The van der Waals surface area contributed by atoms with Gasteiger partial charge in [0.05, 0.1) is 7.11 Å². The maximum Gasteiger partial charge on any atom is 2.00 e. The third kappa shape index (κ3) is 19.3. The molecule has 0 radical (unpaired) electrons. The first-order chi connectivity index (χ1) is 32.0. The van der Waals surface area contributed by atoms with Crippen LogP contribution in [0.5, 0.6) is 0 Å². The van der Waals surface area contributed by atoms with Gasteiger partial charge in [0.15, 0.2) is 5.78 Å². The van der Waals surface area contributed by atoms with Crippen LogP contribution in [0.1, 0.15) is 194 Å². The van der Waals surface area contributed by atoms with Crippen molar-refractivity contribution in [2.75, 3.05) is 61.5 Å². The first-order valence-electron chi connectivity index (χ1n) is 24.8. The maximum atomic E-state index is 13.1. The Balaban J connectivity index is -0.00000172. The number of aryl methyl sites for hydroxylation is 5. The summed E-state index contributed by atoms with van der Waals surface area (Å²) in [5.74, 6) is 0.613. The number of carbonyl (C=O) groups is 4. The van der Waals surface area contributed by atoms with Gasteiger partial charge in [0.1, 0.15) is 0 Å². The molecule has 14 heteroatoms. The summed E-state index contributed by atoms with van der Waals surface area (Å²) in [7, 11) is 9.25. The fraction of sp³-hybridized carbons (Fsp3) is 0.630. The number of nitrogens with one attached hydrogen (secondary N) is 2. The minimum absolute atomic E-state index is 0. The van der Waals surface area contributed by atoms with Crippen LogP contribution in [0.4, 0.5) is 0 Å². The number of likely N-dealkylation sites (N-methyl/N-ethyl adjacent to an activating group) is 2. The number of rotatable bonds is 14. The van der Waals surface area contributed by atoms with E-state index in [0.29, 0.717) is 37.8 Å². The Bertz CT molecular complexity index is 2110. The number of hydrogen-bond acceptors (Lipinski definition) is 9. The van der Waals surface area contributed by atoms with Crippen LogP contribution >= 0.6 is 0 Å². The van der Waals surface area contributed by atoms with Crippen LogP contribution in [0.15, 0.2) is 12.1 Å². The molecule has 2 aliphatic heterocycles. The molecule has 68 heavy (non-hydrogen) atoms. The molecule has 0 saturated heterocycles. The average molecular weight is 1040 g/mol. The van der Waals surface area contributed by atoms with Crippen molar-refractivity contribution in [2.45, 2.75) is 167 Å². The molecule has 0 fully saturated rings. The number of nitrogens with zero attached hydrogens (tertiary/aromatic N) is 6. The van der Waals surface area contributed by atoms with Crippen LogP contribution < -0.4 is 20.6 Å². The zero-order valence-electron chi connectivity index (χ0n) is 46.3. The maximum absolute atomic E-state index is 13.1. The standard InChI is InChI=1S/C39H54N6O2.C5H12N2O.C2H4O2.4C2H6.Pd/c1-12-27-23(6)36-25(8)38-35(26(9)46)24(7)32(42-38)18-31-22(5)29(14-15-34(47)40-16-17-45(10)11)39(43-31)28(13-2)37-21(4)20(3)30(41-37)19-33(27)44-36;1-7(2)4-3-6-5-8;1-4-2-3;4*1-2;/h18-19,22-23,27,29H,12-17H2,1-11H3,(H3,40,41,42,43,44,46,47);5H,3-4H2,1-2H3,(H,6,8);2H,1H3;4*1-2H3;/q;;;;;;;+2/p-2/t22-,23+,27?,29?;;;;;;;/m0......./s1. The smallest absolute Gasteiger partial charge is 0.657 e. The molecular weight excluding hydrogens is 947 g/mol.